The summed E-state index contributed by atoms with van der Waals surface area (Å²) in [6.07, 6.45) is 2.95. The van der Waals surface area contributed by atoms with Gasteiger partial charge in [-0.3, -0.25) is 4.79 Å². The van der Waals surface area contributed by atoms with E-state index in [1.165, 1.54) is 4.31 Å². The van der Waals surface area contributed by atoms with Gasteiger partial charge in [-0.1, -0.05) is 24.6 Å². The Morgan fingerprint density at radius 3 is 2.46 bits per heavy atom. The number of nitrogens with zero attached hydrogens (tertiary/aromatic N) is 1. The van der Waals surface area contributed by atoms with Crippen molar-refractivity contribution in [2.45, 2.75) is 29.9 Å². The van der Waals surface area contributed by atoms with E-state index in [2.05, 4.69) is 0 Å². The summed E-state index contributed by atoms with van der Waals surface area (Å²) in [7, 11) is -3.44. The summed E-state index contributed by atoms with van der Waals surface area (Å²) in [6, 6.07) is 12.1. The molecule has 1 aliphatic heterocycles. The number of hydrogen-bond donors (Lipinski definition) is 0. The molecular formula is C17H19NO4S2. The van der Waals surface area contributed by atoms with Crippen molar-refractivity contribution < 1.29 is 17.9 Å². The average Bonchev–Trinajstić information content (AvgIpc) is 3.05. The SMILES string of the molecule is O=C(Cc1ccc(S(=O)(=O)N2CCCCC2)s1)Oc1ccccc1. The quantitative estimate of drug-likeness (QED) is 0.603. The van der Waals surface area contributed by atoms with E-state index >= 15 is 0 Å². The summed E-state index contributed by atoms with van der Waals surface area (Å²) >= 11 is 1.14. The minimum atomic E-state index is -3.44. The topological polar surface area (TPSA) is 63.7 Å². The van der Waals surface area contributed by atoms with E-state index in [1.807, 2.05) is 6.07 Å². The molecular weight excluding hydrogens is 346 g/mol. The Labute approximate surface area is 145 Å². The first-order valence-corrected chi connectivity index (χ1v) is 10.2. The van der Waals surface area contributed by atoms with Crippen LogP contribution in [0.25, 0.3) is 0 Å². The molecule has 0 amide bonds. The van der Waals surface area contributed by atoms with E-state index in [0.717, 1.165) is 30.6 Å². The molecule has 2 heterocycles. The van der Waals surface area contributed by atoms with Gasteiger partial charge in [0, 0.05) is 18.0 Å². The van der Waals surface area contributed by atoms with Crippen LogP contribution in [0.3, 0.4) is 0 Å². The second kappa shape index (κ2) is 7.46. The lowest BCUT2D eigenvalue weighted by Crippen LogP contribution is -2.35. The van der Waals surface area contributed by atoms with Gasteiger partial charge in [-0.05, 0) is 37.1 Å². The number of benzene rings is 1. The van der Waals surface area contributed by atoms with Crippen LogP contribution in [0, 0.1) is 0 Å². The van der Waals surface area contributed by atoms with Crippen molar-refractivity contribution in [3.8, 4) is 5.75 Å². The predicted octanol–water partition coefficient (Wildman–Crippen LogP) is 3.07. The first kappa shape index (κ1) is 17.1. The summed E-state index contributed by atoms with van der Waals surface area (Å²) in [5.74, 6) is 0.0881. The molecule has 0 atom stereocenters. The number of hydrogen-bond acceptors (Lipinski definition) is 5. The van der Waals surface area contributed by atoms with Crippen molar-refractivity contribution in [3.05, 3.63) is 47.3 Å². The Hall–Kier alpha value is -1.70. The number of esters is 1. The molecule has 0 bridgehead atoms. The Balaban J connectivity index is 1.65. The highest BCUT2D eigenvalue weighted by Gasteiger charge is 2.27. The average molecular weight is 365 g/mol. The summed E-state index contributed by atoms with van der Waals surface area (Å²) in [5.41, 5.74) is 0. The van der Waals surface area contributed by atoms with Crippen molar-refractivity contribution in [2.24, 2.45) is 0 Å². The molecule has 1 aliphatic rings. The van der Waals surface area contributed by atoms with Crippen molar-refractivity contribution in [2.75, 3.05) is 13.1 Å². The molecule has 128 valence electrons. The molecule has 0 saturated carbocycles. The molecule has 1 fully saturated rings. The molecule has 0 unspecified atom stereocenters. The Morgan fingerprint density at radius 1 is 1.04 bits per heavy atom. The van der Waals surface area contributed by atoms with Crippen LogP contribution in [0.4, 0.5) is 0 Å². The van der Waals surface area contributed by atoms with Gasteiger partial charge in [-0.2, -0.15) is 4.31 Å². The fraction of sp³-hybridized carbons (Fsp3) is 0.353. The molecule has 1 saturated heterocycles. The number of carbonyl (C=O) groups is 1. The van der Waals surface area contributed by atoms with E-state index in [4.69, 9.17) is 4.74 Å². The van der Waals surface area contributed by atoms with Crippen molar-refractivity contribution in [3.63, 3.8) is 0 Å². The molecule has 2 aromatic rings. The molecule has 1 aromatic carbocycles. The lowest BCUT2D eigenvalue weighted by atomic mass is 10.2. The molecule has 24 heavy (non-hydrogen) atoms. The van der Waals surface area contributed by atoms with Crippen molar-refractivity contribution in [1.82, 2.24) is 4.31 Å². The van der Waals surface area contributed by atoms with E-state index in [1.54, 1.807) is 36.4 Å². The fourth-order valence-corrected chi connectivity index (χ4v) is 5.64. The number of piperidine rings is 1. The van der Waals surface area contributed by atoms with Crippen LogP contribution < -0.4 is 4.74 Å². The molecule has 0 spiro atoms. The number of rotatable bonds is 5. The summed E-state index contributed by atoms with van der Waals surface area (Å²) in [6.45, 7) is 1.15. The molecule has 1 aromatic heterocycles. The van der Waals surface area contributed by atoms with Gasteiger partial charge in [0.1, 0.15) is 9.96 Å². The van der Waals surface area contributed by atoms with Crippen LogP contribution in [0.5, 0.6) is 5.75 Å². The maximum Gasteiger partial charge on any atom is 0.316 e. The van der Waals surface area contributed by atoms with Gasteiger partial charge in [-0.15, -0.1) is 11.3 Å². The molecule has 3 rings (SSSR count). The zero-order chi connectivity index (χ0) is 17.0. The van der Waals surface area contributed by atoms with Gasteiger partial charge in [0.05, 0.1) is 6.42 Å². The van der Waals surface area contributed by atoms with E-state index in [9.17, 15) is 13.2 Å². The third-order valence-electron chi connectivity index (χ3n) is 3.84. The smallest absolute Gasteiger partial charge is 0.316 e. The van der Waals surface area contributed by atoms with Crippen LogP contribution in [0.2, 0.25) is 0 Å². The van der Waals surface area contributed by atoms with Crippen molar-refractivity contribution >= 4 is 27.3 Å². The van der Waals surface area contributed by atoms with Gasteiger partial charge in [0.2, 0.25) is 0 Å². The minimum absolute atomic E-state index is 0.0646. The number of ether oxygens (including phenoxy) is 1. The highest BCUT2D eigenvalue weighted by Crippen LogP contribution is 2.27. The number of thiophene rings is 1. The van der Waals surface area contributed by atoms with Gasteiger partial charge in [0.25, 0.3) is 10.0 Å². The van der Waals surface area contributed by atoms with E-state index in [-0.39, 0.29) is 6.42 Å². The lowest BCUT2D eigenvalue weighted by molar-refractivity contribution is -0.133. The summed E-state index contributed by atoms with van der Waals surface area (Å²) in [4.78, 5) is 12.7. The standard InChI is InChI=1S/C17H19NO4S2/c19-16(22-14-7-3-1-4-8-14)13-15-9-10-17(23-15)24(20,21)18-11-5-2-6-12-18/h1,3-4,7-10H,2,5-6,11-13H2. The van der Waals surface area contributed by atoms with Crippen LogP contribution in [0.15, 0.2) is 46.7 Å². The summed E-state index contributed by atoms with van der Waals surface area (Å²) < 4.78 is 32.3. The van der Waals surface area contributed by atoms with Gasteiger partial charge in [-0.25, -0.2) is 8.42 Å². The molecule has 0 radical (unpaired) electrons. The maximum absolute atomic E-state index is 12.6. The Bertz CT molecular complexity index is 793. The minimum Gasteiger partial charge on any atom is -0.426 e. The predicted molar refractivity (Wildman–Crippen MR) is 92.7 cm³/mol. The second-order valence-corrected chi connectivity index (χ2v) is 8.98. The Morgan fingerprint density at radius 2 is 1.75 bits per heavy atom. The first-order valence-electron chi connectivity index (χ1n) is 7.90. The zero-order valence-electron chi connectivity index (χ0n) is 13.2. The van der Waals surface area contributed by atoms with E-state index in [0.29, 0.717) is 27.9 Å². The molecule has 5 nitrogen and oxygen atoms in total. The van der Waals surface area contributed by atoms with Crippen molar-refractivity contribution in [1.29, 1.82) is 0 Å². The van der Waals surface area contributed by atoms with Crippen LogP contribution in [-0.2, 0) is 21.2 Å². The molecule has 7 heteroatoms. The number of sulfonamides is 1. The second-order valence-electron chi connectivity index (χ2n) is 5.65. The molecule has 0 aliphatic carbocycles. The third kappa shape index (κ3) is 4.03. The maximum atomic E-state index is 12.6. The highest BCUT2D eigenvalue weighted by atomic mass is 32.2. The van der Waals surface area contributed by atoms with E-state index < -0.39 is 16.0 Å². The third-order valence-corrected chi connectivity index (χ3v) is 7.29. The highest BCUT2D eigenvalue weighted by molar-refractivity contribution is 7.91. The van der Waals surface area contributed by atoms with Crippen LogP contribution in [-0.4, -0.2) is 31.8 Å². The number of para-hydroxylation sites is 1. The first-order chi connectivity index (χ1) is 11.6. The summed E-state index contributed by atoms with van der Waals surface area (Å²) in [5, 5.41) is 0. The van der Waals surface area contributed by atoms with Crippen LogP contribution >= 0.6 is 11.3 Å². The monoisotopic (exact) mass is 365 g/mol. The lowest BCUT2D eigenvalue weighted by Gasteiger charge is -2.25. The molecule has 0 N–H and O–H groups in total. The Kier molecular flexibility index (Phi) is 5.33. The van der Waals surface area contributed by atoms with Crippen LogP contribution in [0.1, 0.15) is 24.1 Å². The largest absolute Gasteiger partial charge is 0.426 e. The van der Waals surface area contributed by atoms with Gasteiger partial charge in [0.15, 0.2) is 0 Å². The van der Waals surface area contributed by atoms with Gasteiger partial charge < -0.3 is 4.74 Å². The number of carbonyl (C=O) groups excluding carboxylic acids is 1. The normalized spacial score (nSPS) is 16.0. The zero-order valence-corrected chi connectivity index (χ0v) is 14.8. The fourth-order valence-electron chi connectivity index (χ4n) is 2.62. The van der Waals surface area contributed by atoms with Gasteiger partial charge >= 0.3 is 5.97 Å².